The standard InChI is InChI=1S/C26H30N2O4S/c1-4-6-9-24-27-17-22(15-21(26(30)32-5-2)16-23-8-7-14-33-23)28(24)18-19-10-12-20(13-11-19)25(29)31-3/h7-8,10-15,17H,4-6,9,16,18H2,1-3H3/b21-15+/i2D3,5D2. The van der Waals surface area contributed by atoms with Crippen LogP contribution in [0.2, 0.25) is 0 Å². The van der Waals surface area contributed by atoms with Gasteiger partial charge in [0, 0.05) is 33.9 Å². The third kappa shape index (κ3) is 6.65. The van der Waals surface area contributed by atoms with E-state index in [1.807, 2.05) is 34.2 Å². The van der Waals surface area contributed by atoms with Gasteiger partial charge in [-0.25, -0.2) is 14.6 Å². The number of esters is 2. The van der Waals surface area contributed by atoms with Crippen molar-refractivity contribution in [2.75, 3.05) is 13.7 Å². The molecule has 0 amide bonds. The summed E-state index contributed by atoms with van der Waals surface area (Å²) >= 11 is 1.42. The van der Waals surface area contributed by atoms with Gasteiger partial charge in [0.2, 0.25) is 0 Å². The Labute approximate surface area is 205 Å². The Balaban J connectivity index is 2.00. The number of methoxy groups -OCH3 is 1. The SMILES string of the molecule is [2H]C([2H])([2H])C([2H])([2H])OC(=O)/C(=C/c1cnc(CCCC)n1Cc1ccc(C(=O)OC)cc1)Cc1cccs1. The van der Waals surface area contributed by atoms with E-state index in [1.165, 1.54) is 18.4 Å². The highest BCUT2D eigenvalue weighted by molar-refractivity contribution is 7.09. The number of nitrogens with zero attached hydrogens (tertiary/aromatic N) is 2. The van der Waals surface area contributed by atoms with Crippen LogP contribution in [0.5, 0.6) is 0 Å². The Kier molecular flexibility index (Phi) is 6.73. The van der Waals surface area contributed by atoms with Crippen LogP contribution >= 0.6 is 11.3 Å². The number of imidazole rings is 1. The first-order valence-electron chi connectivity index (χ1n) is 13.1. The molecule has 0 spiro atoms. The molecule has 0 saturated carbocycles. The van der Waals surface area contributed by atoms with Crippen LogP contribution in [-0.2, 0) is 33.7 Å². The molecule has 0 bridgehead atoms. The highest BCUT2D eigenvalue weighted by atomic mass is 32.1. The molecule has 0 fully saturated rings. The summed E-state index contributed by atoms with van der Waals surface area (Å²) in [6.45, 7) is -3.80. The fourth-order valence-corrected chi connectivity index (χ4v) is 4.11. The molecular formula is C26H30N2O4S. The number of hydrogen-bond acceptors (Lipinski definition) is 6. The van der Waals surface area contributed by atoms with Crippen molar-refractivity contribution in [2.24, 2.45) is 0 Å². The van der Waals surface area contributed by atoms with Gasteiger partial charge in [0.1, 0.15) is 5.82 Å². The van der Waals surface area contributed by atoms with Crippen molar-refractivity contribution in [3.8, 4) is 0 Å². The second kappa shape index (κ2) is 12.2. The third-order valence-corrected chi connectivity index (χ3v) is 5.99. The average Bonchev–Trinajstić information content (AvgIpc) is 3.51. The first kappa shape index (κ1) is 18.3. The van der Waals surface area contributed by atoms with Gasteiger partial charge in [-0.3, -0.25) is 0 Å². The molecule has 6 nitrogen and oxygen atoms in total. The van der Waals surface area contributed by atoms with Crippen molar-refractivity contribution in [3.63, 3.8) is 0 Å². The van der Waals surface area contributed by atoms with Crippen molar-refractivity contribution in [3.05, 3.63) is 81.1 Å². The molecule has 0 atom stereocenters. The van der Waals surface area contributed by atoms with E-state index < -0.39 is 25.3 Å². The summed E-state index contributed by atoms with van der Waals surface area (Å²) in [4.78, 5) is 30.3. The molecule has 0 aliphatic heterocycles. The number of rotatable bonds is 11. The van der Waals surface area contributed by atoms with E-state index in [9.17, 15) is 9.59 Å². The predicted molar refractivity (Wildman–Crippen MR) is 130 cm³/mol. The summed E-state index contributed by atoms with van der Waals surface area (Å²) in [5, 5.41) is 1.85. The van der Waals surface area contributed by atoms with Crippen molar-refractivity contribution in [2.45, 2.75) is 46.0 Å². The van der Waals surface area contributed by atoms with E-state index in [-0.39, 0.29) is 12.0 Å². The van der Waals surface area contributed by atoms with Crippen molar-refractivity contribution in [1.29, 1.82) is 0 Å². The molecule has 0 aliphatic rings. The van der Waals surface area contributed by atoms with Gasteiger partial charge in [-0.2, -0.15) is 0 Å². The number of thiophene rings is 1. The largest absolute Gasteiger partial charge is 0.465 e. The molecule has 1 aromatic carbocycles. The lowest BCUT2D eigenvalue weighted by Crippen LogP contribution is -2.11. The van der Waals surface area contributed by atoms with E-state index in [4.69, 9.17) is 16.3 Å². The second-order valence-corrected chi connectivity index (χ2v) is 8.43. The van der Waals surface area contributed by atoms with Crippen LogP contribution in [0.3, 0.4) is 0 Å². The van der Waals surface area contributed by atoms with E-state index >= 15 is 0 Å². The molecule has 0 aliphatic carbocycles. The van der Waals surface area contributed by atoms with Gasteiger partial charge in [0.25, 0.3) is 0 Å². The number of carbonyl (C=O) groups is 2. The molecule has 0 radical (unpaired) electrons. The number of aromatic nitrogens is 2. The number of aryl methyl sites for hydroxylation is 1. The van der Waals surface area contributed by atoms with E-state index in [0.29, 0.717) is 24.2 Å². The Morgan fingerprint density at radius 3 is 2.76 bits per heavy atom. The van der Waals surface area contributed by atoms with Crippen molar-refractivity contribution >= 4 is 29.4 Å². The minimum Gasteiger partial charge on any atom is -0.465 e. The third-order valence-electron chi connectivity index (χ3n) is 5.11. The lowest BCUT2D eigenvalue weighted by molar-refractivity contribution is -0.138. The minimum absolute atomic E-state index is 0.102. The maximum Gasteiger partial charge on any atom is 0.337 e. The van der Waals surface area contributed by atoms with Gasteiger partial charge in [0.15, 0.2) is 0 Å². The van der Waals surface area contributed by atoms with Gasteiger partial charge in [0.05, 0.1) is 33.9 Å². The molecule has 174 valence electrons. The molecule has 2 heterocycles. The zero-order chi connectivity index (χ0) is 27.9. The van der Waals surface area contributed by atoms with E-state index in [1.54, 1.807) is 24.4 Å². The normalized spacial score (nSPS) is 14.5. The van der Waals surface area contributed by atoms with Crippen LogP contribution in [-0.4, -0.2) is 35.2 Å². The summed E-state index contributed by atoms with van der Waals surface area (Å²) in [7, 11) is 1.32. The molecule has 33 heavy (non-hydrogen) atoms. The lowest BCUT2D eigenvalue weighted by Gasteiger charge is -2.12. The first-order chi connectivity index (χ1) is 17.9. The lowest BCUT2D eigenvalue weighted by atomic mass is 10.1. The molecule has 0 N–H and O–H groups in total. The zero-order valence-corrected chi connectivity index (χ0v) is 19.5. The fraction of sp³-hybridized carbons (Fsp3) is 0.346. The van der Waals surface area contributed by atoms with Gasteiger partial charge in [-0.15, -0.1) is 11.3 Å². The Morgan fingerprint density at radius 2 is 2.09 bits per heavy atom. The maximum atomic E-state index is 13.1. The topological polar surface area (TPSA) is 70.4 Å². The van der Waals surface area contributed by atoms with Gasteiger partial charge < -0.3 is 14.0 Å². The van der Waals surface area contributed by atoms with E-state index in [0.717, 1.165) is 29.1 Å². The Hall–Kier alpha value is -3.19. The average molecular weight is 472 g/mol. The smallest absolute Gasteiger partial charge is 0.337 e. The van der Waals surface area contributed by atoms with Crippen LogP contribution in [0.25, 0.3) is 6.08 Å². The quantitative estimate of drug-likeness (QED) is 0.280. The number of benzene rings is 1. The number of unbranched alkanes of at least 4 members (excludes halogenated alkanes) is 1. The highest BCUT2D eigenvalue weighted by Gasteiger charge is 2.16. The molecule has 7 heteroatoms. The van der Waals surface area contributed by atoms with Crippen molar-refractivity contribution < 1.29 is 25.9 Å². The van der Waals surface area contributed by atoms with Gasteiger partial charge in [-0.05, 0) is 48.5 Å². The molecule has 0 unspecified atom stereocenters. The van der Waals surface area contributed by atoms with Gasteiger partial charge in [-0.1, -0.05) is 31.5 Å². The summed E-state index contributed by atoms with van der Waals surface area (Å²) < 4.78 is 49.2. The number of hydrogen-bond donors (Lipinski definition) is 0. The summed E-state index contributed by atoms with van der Waals surface area (Å²) in [6.07, 6.45) is 5.92. The van der Waals surface area contributed by atoms with Crippen LogP contribution in [0.1, 0.15) is 65.8 Å². The number of carbonyl (C=O) groups excluding carboxylic acids is 2. The van der Waals surface area contributed by atoms with Crippen LogP contribution < -0.4 is 0 Å². The molecule has 3 aromatic rings. The van der Waals surface area contributed by atoms with Crippen LogP contribution in [0.15, 0.2) is 53.5 Å². The van der Waals surface area contributed by atoms with Crippen LogP contribution in [0, 0.1) is 0 Å². The summed E-state index contributed by atoms with van der Waals surface area (Å²) in [5.74, 6) is -0.679. The predicted octanol–water partition coefficient (Wildman–Crippen LogP) is 5.31. The second-order valence-electron chi connectivity index (χ2n) is 7.39. The Bertz CT molecular complexity index is 1270. The molecule has 3 rings (SSSR count). The summed E-state index contributed by atoms with van der Waals surface area (Å²) in [6, 6.07) is 10.6. The molecular weight excluding hydrogens is 436 g/mol. The van der Waals surface area contributed by atoms with Gasteiger partial charge >= 0.3 is 11.9 Å². The zero-order valence-electron chi connectivity index (χ0n) is 23.7. The first-order valence-corrected chi connectivity index (χ1v) is 11.5. The number of ether oxygens (including phenoxy) is 2. The van der Waals surface area contributed by atoms with Crippen LogP contribution in [0.4, 0.5) is 0 Å². The minimum atomic E-state index is -3.15. The maximum absolute atomic E-state index is 13.1. The Morgan fingerprint density at radius 1 is 1.27 bits per heavy atom. The summed E-state index contributed by atoms with van der Waals surface area (Å²) in [5.41, 5.74) is 2.01. The highest BCUT2D eigenvalue weighted by Crippen LogP contribution is 2.21. The van der Waals surface area contributed by atoms with Crippen molar-refractivity contribution in [1.82, 2.24) is 9.55 Å². The monoisotopic (exact) mass is 471 g/mol. The molecule has 0 saturated heterocycles. The fourth-order valence-electron chi connectivity index (χ4n) is 3.38. The van der Waals surface area contributed by atoms with E-state index in [2.05, 4.69) is 11.9 Å². The molecule has 2 aromatic heterocycles.